The van der Waals surface area contributed by atoms with Crippen LogP contribution in [0.3, 0.4) is 0 Å². The van der Waals surface area contributed by atoms with Crippen molar-refractivity contribution in [1.82, 2.24) is 10.6 Å². The highest BCUT2D eigenvalue weighted by Crippen LogP contribution is 2.32. The van der Waals surface area contributed by atoms with Crippen LogP contribution in [0.2, 0.25) is 0 Å². The molecule has 4 N–H and O–H groups in total. The average Bonchev–Trinajstić information content (AvgIpc) is 2.88. The lowest BCUT2D eigenvalue weighted by atomic mass is 10.0. The van der Waals surface area contributed by atoms with Gasteiger partial charge in [-0.2, -0.15) is 0 Å². The van der Waals surface area contributed by atoms with E-state index in [-0.39, 0.29) is 17.8 Å². The molecule has 0 aliphatic carbocycles. The van der Waals surface area contributed by atoms with Gasteiger partial charge in [0.05, 0.1) is 13.2 Å². The van der Waals surface area contributed by atoms with E-state index in [9.17, 15) is 10.2 Å². The van der Waals surface area contributed by atoms with Crippen LogP contribution in [-0.2, 0) is 13.0 Å². The van der Waals surface area contributed by atoms with Crippen molar-refractivity contribution in [2.75, 3.05) is 26.7 Å². The number of aromatic hydroxyl groups is 1. The van der Waals surface area contributed by atoms with Crippen LogP contribution in [0.4, 0.5) is 0 Å². The number of ether oxygens (including phenoxy) is 1. The molecule has 1 heterocycles. The topological polar surface area (TPSA) is 73.8 Å². The maximum Gasteiger partial charge on any atom is 0.161 e. The summed E-state index contributed by atoms with van der Waals surface area (Å²) in [5.74, 6) is 0.905. The molecule has 21 heavy (non-hydrogen) atoms. The second kappa shape index (κ2) is 7.45. The summed E-state index contributed by atoms with van der Waals surface area (Å²) in [7, 11) is 1.55. The van der Waals surface area contributed by atoms with E-state index in [1.54, 1.807) is 13.2 Å². The zero-order valence-electron chi connectivity index (χ0n) is 12.4. The molecule has 2 unspecified atom stereocenters. The van der Waals surface area contributed by atoms with Crippen LogP contribution in [0.25, 0.3) is 0 Å². The highest BCUT2D eigenvalue weighted by atomic mass is 16.5. The van der Waals surface area contributed by atoms with Gasteiger partial charge in [0.1, 0.15) is 0 Å². The maximum atomic E-state index is 10.0. The largest absolute Gasteiger partial charge is 0.504 e. The van der Waals surface area contributed by atoms with Crippen LogP contribution >= 0.6 is 0 Å². The molecule has 0 radical (unpaired) electrons. The van der Waals surface area contributed by atoms with Crippen LogP contribution in [-0.4, -0.2) is 43.1 Å². The first-order chi connectivity index (χ1) is 10.2. The van der Waals surface area contributed by atoms with Crippen molar-refractivity contribution in [3.63, 3.8) is 0 Å². The molecular formula is C16H24N2O3. The minimum Gasteiger partial charge on any atom is -0.504 e. The average molecular weight is 292 g/mol. The van der Waals surface area contributed by atoms with Crippen LogP contribution in [0.5, 0.6) is 11.5 Å². The van der Waals surface area contributed by atoms with Gasteiger partial charge in [-0.05, 0) is 18.1 Å². The fourth-order valence-electron chi connectivity index (χ4n) is 2.63. The summed E-state index contributed by atoms with van der Waals surface area (Å²) >= 11 is 0. The molecular weight excluding hydrogens is 268 g/mol. The third-order valence-electron chi connectivity index (χ3n) is 3.84. The van der Waals surface area contributed by atoms with E-state index in [1.165, 1.54) is 0 Å². The second-order valence-electron chi connectivity index (χ2n) is 5.42. The number of allylic oxidation sites excluding steroid dienone is 1. The van der Waals surface area contributed by atoms with Crippen molar-refractivity contribution in [2.45, 2.75) is 19.1 Å². The Hall–Kier alpha value is -1.56. The fourth-order valence-corrected chi connectivity index (χ4v) is 2.63. The number of hydrogen-bond acceptors (Lipinski definition) is 5. The standard InChI is InChI=1S/C16H24N2O3/c1-3-4-12-5-11(6-15(21-2)16(12)20)7-17-8-13-9-18-10-14(13)19/h3,5-6,13-14,17-20H,1,4,7-10H2,2H3. The SMILES string of the molecule is C=CCc1cc(CNCC2CNCC2O)cc(OC)c1O. The molecule has 1 saturated heterocycles. The number of aliphatic hydroxyl groups is 1. The first-order valence-electron chi connectivity index (χ1n) is 7.24. The number of benzene rings is 1. The van der Waals surface area contributed by atoms with Gasteiger partial charge >= 0.3 is 0 Å². The molecule has 0 saturated carbocycles. The Kier molecular flexibility index (Phi) is 5.61. The molecule has 5 heteroatoms. The normalized spacial score (nSPS) is 21.4. The van der Waals surface area contributed by atoms with Crippen molar-refractivity contribution in [2.24, 2.45) is 5.92 Å². The van der Waals surface area contributed by atoms with E-state index >= 15 is 0 Å². The summed E-state index contributed by atoms with van der Waals surface area (Å²) in [5.41, 5.74) is 1.85. The van der Waals surface area contributed by atoms with E-state index in [0.717, 1.165) is 24.2 Å². The zero-order chi connectivity index (χ0) is 15.2. The molecule has 0 bridgehead atoms. The second-order valence-corrected chi connectivity index (χ2v) is 5.42. The third-order valence-corrected chi connectivity index (χ3v) is 3.84. The fraction of sp³-hybridized carbons (Fsp3) is 0.500. The van der Waals surface area contributed by atoms with E-state index in [0.29, 0.717) is 25.3 Å². The van der Waals surface area contributed by atoms with Crippen molar-refractivity contribution < 1.29 is 14.9 Å². The minimum absolute atomic E-state index is 0.177. The van der Waals surface area contributed by atoms with E-state index < -0.39 is 0 Å². The van der Waals surface area contributed by atoms with Gasteiger partial charge in [-0.1, -0.05) is 12.1 Å². The number of phenols is 1. The van der Waals surface area contributed by atoms with Gasteiger partial charge in [0.15, 0.2) is 11.5 Å². The zero-order valence-corrected chi connectivity index (χ0v) is 12.4. The van der Waals surface area contributed by atoms with Crippen LogP contribution in [0, 0.1) is 5.92 Å². The van der Waals surface area contributed by atoms with Gasteiger partial charge < -0.3 is 25.6 Å². The molecule has 0 amide bonds. The molecule has 0 spiro atoms. The van der Waals surface area contributed by atoms with Crippen LogP contribution < -0.4 is 15.4 Å². The number of rotatable bonds is 7. The molecule has 5 nitrogen and oxygen atoms in total. The van der Waals surface area contributed by atoms with Crippen LogP contribution in [0.1, 0.15) is 11.1 Å². The Morgan fingerprint density at radius 3 is 2.90 bits per heavy atom. The maximum absolute atomic E-state index is 10.0. The number of nitrogens with one attached hydrogen (secondary N) is 2. The lowest BCUT2D eigenvalue weighted by Crippen LogP contribution is -2.30. The monoisotopic (exact) mass is 292 g/mol. The quantitative estimate of drug-likeness (QED) is 0.560. The van der Waals surface area contributed by atoms with E-state index in [4.69, 9.17) is 4.74 Å². The Morgan fingerprint density at radius 2 is 2.29 bits per heavy atom. The molecule has 1 aromatic carbocycles. The smallest absolute Gasteiger partial charge is 0.161 e. The van der Waals surface area contributed by atoms with Gasteiger partial charge in [-0.25, -0.2) is 0 Å². The first kappa shape index (κ1) is 15.8. The molecule has 1 aliphatic rings. The minimum atomic E-state index is -0.275. The molecule has 116 valence electrons. The van der Waals surface area contributed by atoms with E-state index in [2.05, 4.69) is 17.2 Å². The molecule has 1 aromatic rings. The molecule has 1 fully saturated rings. The van der Waals surface area contributed by atoms with Gasteiger partial charge in [-0.15, -0.1) is 6.58 Å². The highest BCUT2D eigenvalue weighted by Gasteiger charge is 2.24. The lowest BCUT2D eigenvalue weighted by Gasteiger charge is -2.15. The first-order valence-corrected chi connectivity index (χ1v) is 7.24. The highest BCUT2D eigenvalue weighted by molar-refractivity contribution is 5.49. The predicted octanol–water partition coefficient (Wildman–Crippen LogP) is 0.799. The van der Waals surface area contributed by atoms with Gasteiger partial charge in [0.25, 0.3) is 0 Å². The molecule has 2 rings (SSSR count). The Labute approximate surface area is 125 Å². The Bertz CT molecular complexity index is 491. The molecule has 1 aliphatic heterocycles. The third kappa shape index (κ3) is 3.97. The number of methoxy groups -OCH3 is 1. The number of phenolic OH excluding ortho intramolecular Hbond substituents is 1. The van der Waals surface area contributed by atoms with Crippen LogP contribution in [0.15, 0.2) is 24.8 Å². The molecule has 0 aromatic heterocycles. The number of aliphatic hydroxyl groups excluding tert-OH is 1. The molecule has 2 atom stereocenters. The van der Waals surface area contributed by atoms with Crippen molar-refractivity contribution >= 4 is 0 Å². The summed E-state index contributed by atoms with van der Waals surface area (Å²) < 4.78 is 5.21. The number of hydrogen-bond donors (Lipinski definition) is 4. The number of β-amino-alcohol motifs (C(OH)–C–C–N with tert-alkyl or cyclic N) is 1. The predicted molar refractivity (Wildman–Crippen MR) is 82.6 cm³/mol. The van der Waals surface area contributed by atoms with E-state index in [1.807, 2.05) is 12.1 Å². The lowest BCUT2D eigenvalue weighted by molar-refractivity contribution is 0.146. The summed E-state index contributed by atoms with van der Waals surface area (Å²) in [5, 5.41) is 26.3. The Morgan fingerprint density at radius 1 is 1.48 bits per heavy atom. The van der Waals surface area contributed by atoms with Crippen molar-refractivity contribution in [3.05, 3.63) is 35.9 Å². The van der Waals surface area contributed by atoms with Gasteiger partial charge in [0.2, 0.25) is 0 Å². The summed E-state index contributed by atoms with van der Waals surface area (Å²) in [6.07, 6.45) is 2.08. The summed E-state index contributed by atoms with van der Waals surface area (Å²) in [6, 6.07) is 3.79. The van der Waals surface area contributed by atoms with Crippen molar-refractivity contribution in [3.8, 4) is 11.5 Å². The Balaban J connectivity index is 1.98. The van der Waals surface area contributed by atoms with Gasteiger partial charge in [0, 0.05) is 37.7 Å². The summed E-state index contributed by atoms with van der Waals surface area (Å²) in [6.45, 7) is 6.64. The van der Waals surface area contributed by atoms with Gasteiger partial charge in [-0.3, -0.25) is 0 Å². The van der Waals surface area contributed by atoms with Crippen molar-refractivity contribution in [1.29, 1.82) is 0 Å². The summed E-state index contributed by atoms with van der Waals surface area (Å²) in [4.78, 5) is 0.